The largest absolute Gasteiger partial charge is 0.416 e. The highest BCUT2D eigenvalue weighted by atomic mass is 19.4. The third kappa shape index (κ3) is 3.95. The van der Waals surface area contributed by atoms with Gasteiger partial charge in [-0.15, -0.1) is 0 Å². The quantitative estimate of drug-likeness (QED) is 0.839. The molecule has 0 fully saturated rings. The summed E-state index contributed by atoms with van der Waals surface area (Å²) in [5.74, 6) is -0.385. The molecular formula is C15H14F4N2. The third-order valence-electron chi connectivity index (χ3n) is 3.04. The van der Waals surface area contributed by atoms with Gasteiger partial charge in [0.2, 0.25) is 0 Å². The number of anilines is 1. The molecule has 112 valence electrons. The highest BCUT2D eigenvalue weighted by molar-refractivity contribution is 5.46. The second kappa shape index (κ2) is 6.13. The van der Waals surface area contributed by atoms with Gasteiger partial charge in [-0.1, -0.05) is 12.1 Å². The Morgan fingerprint density at radius 2 is 1.71 bits per heavy atom. The lowest BCUT2D eigenvalue weighted by Crippen LogP contribution is -2.21. The fourth-order valence-corrected chi connectivity index (χ4v) is 1.96. The van der Waals surface area contributed by atoms with Crippen LogP contribution in [-0.2, 0) is 6.18 Å². The van der Waals surface area contributed by atoms with Crippen LogP contribution in [0.15, 0.2) is 48.5 Å². The molecule has 2 aromatic carbocycles. The van der Waals surface area contributed by atoms with Crippen LogP contribution in [-0.4, -0.2) is 6.54 Å². The monoisotopic (exact) mass is 298 g/mol. The van der Waals surface area contributed by atoms with Crippen molar-refractivity contribution in [1.82, 2.24) is 0 Å². The Balaban J connectivity index is 2.23. The number of nitrogens with two attached hydrogens (primary N) is 1. The van der Waals surface area contributed by atoms with E-state index in [-0.39, 0.29) is 12.4 Å². The number of alkyl halides is 3. The van der Waals surface area contributed by atoms with Crippen LogP contribution < -0.4 is 11.1 Å². The van der Waals surface area contributed by atoms with Crippen LogP contribution in [0.25, 0.3) is 0 Å². The Hall–Kier alpha value is -2.08. The number of hydrogen-bond acceptors (Lipinski definition) is 2. The summed E-state index contributed by atoms with van der Waals surface area (Å²) in [6.45, 7) is 0.110. The van der Waals surface area contributed by atoms with Gasteiger partial charge in [-0.3, -0.25) is 0 Å². The fourth-order valence-electron chi connectivity index (χ4n) is 1.96. The second-order valence-electron chi connectivity index (χ2n) is 4.56. The van der Waals surface area contributed by atoms with Gasteiger partial charge in [-0.25, -0.2) is 4.39 Å². The second-order valence-corrected chi connectivity index (χ2v) is 4.56. The van der Waals surface area contributed by atoms with Crippen LogP contribution in [0.3, 0.4) is 0 Å². The van der Waals surface area contributed by atoms with Crippen molar-refractivity contribution in [2.75, 3.05) is 11.9 Å². The molecule has 0 spiro atoms. The molecule has 0 radical (unpaired) electrons. The molecule has 0 amide bonds. The first kappa shape index (κ1) is 15.3. The van der Waals surface area contributed by atoms with Crippen molar-refractivity contribution in [1.29, 1.82) is 0 Å². The van der Waals surface area contributed by atoms with E-state index < -0.39 is 17.8 Å². The Morgan fingerprint density at radius 1 is 1.05 bits per heavy atom. The number of nitrogens with one attached hydrogen (secondary N) is 1. The summed E-state index contributed by atoms with van der Waals surface area (Å²) in [5, 5.41) is 2.99. The van der Waals surface area contributed by atoms with E-state index in [0.29, 0.717) is 11.3 Å². The Bertz CT molecular complexity index is 593. The van der Waals surface area contributed by atoms with Gasteiger partial charge in [0, 0.05) is 12.2 Å². The van der Waals surface area contributed by atoms with E-state index in [1.807, 2.05) is 0 Å². The van der Waals surface area contributed by atoms with Crippen LogP contribution in [0.1, 0.15) is 17.2 Å². The molecule has 3 N–H and O–H groups in total. The van der Waals surface area contributed by atoms with E-state index in [1.165, 1.54) is 30.3 Å². The molecule has 2 aromatic rings. The van der Waals surface area contributed by atoms with Gasteiger partial charge in [0.15, 0.2) is 0 Å². The molecule has 0 saturated carbocycles. The molecule has 0 aliphatic heterocycles. The zero-order chi connectivity index (χ0) is 15.5. The smallest absolute Gasteiger partial charge is 0.377 e. The summed E-state index contributed by atoms with van der Waals surface area (Å²) < 4.78 is 51.0. The summed E-state index contributed by atoms with van der Waals surface area (Å²) >= 11 is 0. The molecule has 2 rings (SSSR count). The number of rotatable bonds is 4. The summed E-state index contributed by atoms with van der Waals surface area (Å²) in [7, 11) is 0. The van der Waals surface area contributed by atoms with E-state index in [1.54, 1.807) is 6.07 Å². The van der Waals surface area contributed by atoms with E-state index in [9.17, 15) is 17.6 Å². The average molecular weight is 298 g/mol. The molecule has 0 saturated heterocycles. The molecule has 0 aliphatic carbocycles. The predicted octanol–water partition coefficient (Wildman–Crippen LogP) is 3.96. The minimum absolute atomic E-state index is 0.110. The van der Waals surface area contributed by atoms with Crippen LogP contribution in [0.4, 0.5) is 23.2 Å². The van der Waals surface area contributed by atoms with Gasteiger partial charge in [0.1, 0.15) is 5.82 Å². The molecule has 2 nitrogen and oxygen atoms in total. The van der Waals surface area contributed by atoms with Crippen molar-refractivity contribution in [2.24, 2.45) is 5.73 Å². The Morgan fingerprint density at radius 3 is 2.29 bits per heavy atom. The van der Waals surface area contributed by atoms with E-state index in [4.69, 9.17) is 5.73 Å². The van der Waals surface area contributed by atoms with Crippen molar-refractivity contribution in [3.63, 3.8) is 0 Å². The first-order chi connectivity index (χ1) is 9.90. The van der Waals surface area contributed by atoms with Gasteiger partial charge in [0.05, 0.1) is 11.6 Å². The molecule has 0 aromatic heterocycles. The first-order valence-corrected chi connectivity index (χ1v) is 6.29. The molecule has 21 heavy (non-hydrogen) atoms. The summed E-state index contributed by atoms with van der Waals surface area (Å²) in [4.78, 5) is 0. The highest BCUT2D eigenvalue weighted by Crippen LogP contribution is 2.31. The summed E-state index contributed by atoms with van der Waals surface area (Å²) in [6, 6.07) is 10.0. The average Bonchev–Trinajstić information content (AvgIpc) is 2.46. The van der Waals surface area contributed by atoms with Crippen molar-refractivity contribution in [2.45, 2.75) is 12.2 Å². The summed E-state index contributed by atoms with van der Waals surface area (Å²) in [5.41, 5.74) is 5.92. The number of halogens is 4. The fraction of sp³-hybridized carbons (Fsp3) is 0.200. The minimum Gasteiger partial charge on any atom is -0.377 e. The van der Waals surface area contributed by atoms with E-state index in [0.717, 1.165) is 12.1 Å². The lowest BCUT2D eigenvalue weighted by molar-refractivity contribution is -0.137. The maximum Gasteiger partial charge on any atom is 0.416 e. The lowest BCUT2D eigenvalue weighted by atomic mass is 10.0. The predicted molar refractivity (Wildman–Crippen MR) is 73.3 cm³/mol. The SMILES string of the molecule is NCC(Nc1ccc(F)cc1)c1cccc(C(F)(F)F)c1. The lowest BCUT2D eigenvalue weighted by Gasteiger charge is -2.20. The maximum atomic E-state index is 12.8. The van der Waals surface area contributed by atoms with E-state index >= 15 is 0 Å². The van der Waals surface area contributed by atoms with Crippen LogP contribution in [0.2, 0.25) is 0 Å². The topological polar surface area (TPSA) is 38.0 Å². The first-order valence-electron chi connectivity index (χ1n) is 6.29. The number of hydrogen-bond donors (Lipinski definition) is 2. The Kier molecular flexibility index (Phi) is 4.47. The van der Waals surface area contributed by atoms with Gasteiger partial charge < -0.3 is 11.1 Å². The molecule has 6 heteroatoms. The van der Waals surface area contributed by atoms with Crippen molar-refractivity contribution >= 4 is 5.69 Å². The molecule has 0 heterocycles. The van der Waals surface area contributed by atoms with Crippen molar-refractivity contribution < 1.29 is 17.6 Å². The van der Waals surface area contributed by atoms with Crippen molar-refractivity contribution in [3.8, 4) is 0 Å². The zero-order valence-corrected chi connectivity index (χ0v) is 11.0. The Labute approximate surface area is 119 Å². The van der Waals surface area contributed by atoms with Gasteiger partial charge in [-0.2, -0.15) is 13.2 Å². The van der Waals surface area contributed by atoms with Crippen LogP contribution >= 0.6 is 0 Å². The molecular weight excluding hydrogens is 284 g/mol. The zero-order valence-electron chi connectivity index (χ0n) is 11.0. The van der Waals surface area contributed by atoms with Gasteiger partial charge in [-0.05, 0) is 42.0 Å². The van der Waals surface area contributed by atoms with Gasteiger partial charge in [0.25, 0.3) is 0 Å². The minimum atomic E-state index is -4.40. The summed E-state index contributed by atoms with van der Waals surface area (Å²) in [6.07, 6.45) is -4.40. The standard InChI is InChI=1S/C15H14F4N2/c16-12-4-6-13(7-5-12)21-14(9-20)10-2-1-3-11(8-10)15(17,18)19/h1-8,14,21H,9,20H2. The molecule has 1 atom stereocenters. The highest BCUT2D eigenvalue weighted by Gasteiger charge is 2.30. The van der Waals surface area contributed by atoms with Crippen molar-refractivity contribution in [3.05, 3.63) is 65.5 Å². The molecule has 0 bridgehead atoms. The maximum absolute atomic E-state index is 12.8. The molecule has 0 aliphatic rings. The van der Waals surface area contributed by atoms with Crippen LogP contribution in [0, 0.1) is 5.82 Å². The molecule has 1 unspecified atom stereocenters. The normalized spacial score (nSPS) is 13.0. The number of benzene rings is 2. The third-order valence-corrected chi connectivity index (χ3v) is 3.04. The van der Waals surface area contributed by atoms with Crippen LogP contribution in [0.5, 0.6) is 0 Å². The van der Waals surface area contributed by atoms with E-state index in [2.05, 4.69) is 5.32 Å². The van der Waals surface area contributed by atoms with Gasteiger partial charge >= 0.3 is 6.18 Å².